The van der Waals surface area contributed by atoms with Crippen LogP contribution in [0.15, 0.2) is 77.4 Å². The molecule has 4 heteroatoms. The standard InChI is InChI=1S/C23H22BrN3/c1-2-17-10-12-18(13-11-17)23-21(27-14-6-5-9-22(27)26-23)16-25-15-19-7-3-4-8-20(19)24/h3-14,25H,2,15-16H2,1H3. The van der Waals surface area contributed by atoms with E-state index in [1.807, 2.05) is 12.1 Å². The van der Waals surface area contributed by atoms with Gasteiger partial charge in [0.25, 0.3) is 0 Å². The Balaban J connectivity index is 1.64. The maximum absolute atomic E-state index is 4.90. The molecule has 136 valence electrons. The Morgan fingerprint density at radius 2 is 1.70 bits per heavy atom. The van der Waals surface area contributed by atoms with Crippen molar-refractivity contribution in [3.05, 3.63) is 94.2 Å². The second-order valence-electron chi connectivity index (χ2n) is 6.58. The smallest absolute Gasteiger partial charge is 0.137 e. The topological polar surface area (TPSA) is 29.3 Å². The molecular weight excluding hydrogens is 398 g/mol. The van der Waals surface area contributed by atoms with Crippen LogP contribution >= 0.6 is 15.9 Å². The monoisotopic (exact) mass is 419 g/mol. The van der Waals surface area contributed by atoms with Crippen molar-refractivity contribution in [3.8, 4) is 11.3 Å². The summed E-state index contributed by atoms with van der Waals surface area (Å²) in [6.07, 6.45) is 3.13. The van der Waals surface area contributed by atoms with Crippen LogP contribution in [-0.2, 0) is 19.5 Å². The third kappa shape index (κ3) is 3.82. The number of aryl methyl sites for hydroxylation is 1. The first-order valence-corrected chi connectivity index (χ1v) is 10.0. The number of pyridine rings is 1. The van der Waals surface area contributed by atoms with Crippen molar-refractivity contribution in [1.29, 1.82) is 0 Å². The number of nitrogens with zero attached hydrogens (tertiary/aromatic N) is 2. The Morgan fingerprint density at radius 3 is 2.48 bits per heavy atom. The third-order valence-corrected chi connectivity index (χ3v) is 5.60. The highest BCUT2D eigenvalue weighted by atomic mass is 79.9. The second-order valence-corrected chi connectivity index (χ2v) is 7.44. The summed E-state index contributed by atoms with van der Waals surface area (Å²) >= 11 is 3.62. The van der Waals surface area contributed by atoms with Crippen molar-refractivity contribution in [2.45, 2.75) is 26.4 Å². The minimum atomic E-state index is 0.747. The van der Waals surface area contributed by atoms with E-state index in [0.717, 1.165) is 40.9 Å². The second kappa shape index (κ2) is 8.07. The molecule has 0 unspecified atom stereocenters. The fourth-order valence-corrected chi connectivity index (χ4v) is 3.73. The number of imidazole rings is 1. The predicted octanol–water partition coefficient (Wildman–Crippen LogP) is 5.62. The van der Waals surface area contributed by atoms with Gasteiger partial charge in [0, 0.05) is 29.3 Å². The lowest BCUT2D eigenvalue weighted by Gasteiger charge is -2.09. The Bertz CT molecular complexity index is 1050. The molecule has 4 aromatic rings. The van der Waals surface area contributed by atoms with Gasteiger partial charge in [0.05, 0.1) is 11.4 Å². The number of hydrogen-bond donors (Lipinski definition) is 1. The summed E-state index contributed by atoms with van der Waals surface area (Å²) in [5, 5.41) is 3.58. The largest absolute Gasteiger partial charge is 0.307 e. The van der Waals surface area contributed by atoms with Gasteiger partial charge in [-0.2, -0.15) is 0 Å². The minimum Gasteiger partial charge on any atom is -0.307 e. The highest BCUT2D eigenvalue weighted by Gasteiger charge is 2.13. The van der Waals surface area contributed by atoms with Crippen LogP contribution in [0.1, 0.15) is 23.7 Å². The molecule has 0 aliphatic heterocycles. The summed E-state index contributed by atoms with van der Waals surface area (Å²) in [5.41, 5.74) is 6.96. The zero-order valence-electron chi connectivity index (χ0n) is 15.3. The highest BCUT2D eigenvalue weighted by molar-refractivity contribution is 9.10. The zero-order valence-corrected chi connectivity index (χ0v) is 16.9. The van der Waals surface area contributed by atoms with Crippen molar-refractivity contribution >= 4 is 21.6 Å². The molecule has 2 aromatic carbocycles. The van der Waals surface area contributed by atoms with Crippen molar-refractivity contribution in [1.82, 2.24) is 14.7 Å². The molecule has 0 radical (unpaired) electrons. The Labute approximate surface area is 168 Å². The van der Waals surface area contributed by atoms with Crippen LogP contribution in [0.4, 0.5) is 0 Å². The van der Waals surface area contributed by atoms with Gasteiger partial charge in [-0.05, 0) is 35.7 Å². The molecule has 0 bridgehead atoms. The average molecular weight is 420 g/mol. The summed E-state index contributed by atoms with van der Waals surface area (Å²) in [6.45, 7) is 3.73. The van der Waals surface area contributed by atoms with Gasteiger partial charge < -0.3 is 9.72 Å². The van der Waals surface area contributed by atoms with Gasteiger partial charge in [-0.15, -0.1) is 0 Å². The first kappa shape index (κ1) is 18.0. The summed E-state index contributed by atoms with van der Waals surface area (Å²) in [6, 6.07) is 23.2. The molecule has 2 aromatic heterocycles. The molecule has 0 aliphatic rings. The SMILES string of the molecule is CCc1ccc(-c2nc3ccccn3c2CNCc2ccccc2Br)cc1. The van der Waals surface area contributed by atoms with Gasteiger partial charge in [0.15, 0.2) is 0 Å². The van der Waals surface area contributed by atoms with Gasteiger partial charge in [-0.1, -0.05) is 71.4 Å². The number of rotatable bonds is 6. The van der Waals surface area contributed by atoms with E-state index in [1.165, 1.54) is 16.8 Å². The third-order valence-electron chi connectivity index (χ3n) is 4.83. The van der Waals surface area contributed by atoms with Crippen molar-refractivity contribution in [3.63, 3.8) is 0 Å². The van der Waals surface area contributed by atoms with Gasteiger partial charge >= 0.3 is 0 Å². The lowest BCUT2D eigenvalue weighted by atomic mass is 10.1. The van der Waals surface area contributed by atoms with Crippen molar-refractivity contribution in [2.75, 3.05) is 0 Å². The Hall–Kier alpha value is -2.43. The quantitative estimate of drug-likeness (QED) is 0.439. The maximum Gasteiger partial charge on any atom is 0.137 e. The van der Waals surface area contributed by atoms with Crippen LogP contribution in [0.2, 0.25) is 0 Å². The molecule has 0 spiro atoms. The van der Waals surface area contributed by atoms with E-state index >= 15 is 0 Å². The van der Waals surface area contributed by atoms with Gasteiger partial charge in [0.1, 0.15) is 5.65 Å². The van der Waals surface area contributed by atoms with Crippen LogP contribution in [0.3, 0.4) is 0 Å². The van der Waals surface area contributed by atoms with Crippen LogP contribution in [0, 0.1) is 0 Å². The van der Waals surface area contributed by atoms with Gasteiger partial charge in [0.2, 0.25) is 0 Å². The van der Waals surface area contributed by atoms with Crippen LogP contribution in [0.5, 0.6) is 0 Å². The first-order valence-electron chi connectivity index (χ1n) is 9.25. The fourth-order valence-electron chi connectivity index (χ4n) is 3.30. The average Bonchev–Trinajstić information content (AvgIpc) is 3.08. The molecule has 2 heterocycles. The normalized spacial score (nSPS) is 11.2. The van der Waals surface area contributed by atoms with E-state index in [1.54, 1.807) is 0 Å². The van der Waals surface area contributed by atoms with E-state index in [2.05, 4.69) is 93.4 Å². The zero-order chi connectivity index (χ0) is 18.6. The Kier molecular flexibility index (Phi) is 5.37. The van der Waals surface area contributed by atoms with E-state index in [0.29, 0.717) is 0 Å². The fraction of sp³-hybridized carbons (Fsp3) is 0.174. The predicted molar refractivity (Wildman–Crippen MR) is 115 cm³/mol. The molecule has 0 aliphatic carbocycles. The number of benzene rings is 2. The number of nitrogens with one attached hydrogen (secondary N) is 1. The summed E-state index contributed by atoms with van der Waals surface area (Å²) < 4.78 is 3.31. The molecule has 0 saturated heterocycles. The molecule has 0 amide bonds. The van der Waals surface area contributed by atoms with E-state index < -0.39 is 0 Å². The number of aromatic nitrogens is 2. The molecular formula is C23H22BrN3. The Morgan fingerprint density at radius 1 is 0.926 bits per heavy atom. The van der Waals surface area contributed by atoms with Crippen LogP contribution in [0.25, 0.3) is 16.9 Å². The summed E-state index contributed by atoms with van der Waals surface area (Å²) in [5.74, 6) is 0. The minimum absolute atomic E-state index is 0.747. The molecule has 27 heavy (non-hydrogen) atoms. The number of halogens is 1. The first-order chi connectivity index (χ1) is 13.3. The van der Waals surface area contributed by atoms with E-state index in [9.17, 15) is 0 Å². The van der Waals surface area contributed by atoms with Gasteiger partial charge in [-0.25, -0.2) is 4.98 Å². The van der Waals surface area contributed by atoms with E-state index in [-0.39, 0.29) is 0 Å². The van der Waals surface area contributed by atoms with Crippen molar-refractivity contribution < 1.29 is 0 Å². The molecule has 4 rings (SSSR count). The van der Waals surface area contributed by atoms with Crippen LogP contribution in [-0.4, -0.2) is 9.38 Å². The molecule has 0 fully saturated rings. The van der Waals surface area contributed by atoms with Gasteiger partial charge in [-0.3, -0.25) is 0 Å². The number of hydrogen-bond acceptors (Lipinski definition) is 2. The number of fused-ring (bicyclic) bond motifs is 1. The van der Waals surface area contributed by atoms with E-state index in [4.69, 9.17) is 4.98 Å². The molecule has 3 nitrogen and oxygen atoms in total. The summed E-state index contributed by atoms with van der Waals surface area (Å²) in [7, 11) is 0. The lowest BCUT2D eigenvalue weighted by molar-refractivity contribution is 0.675. The molecule has 1 N–H and O–H groups in total. The highest BCUT2D eigenvalue weighted by Crippen LogP contribution is 2.25. The maximum atomic E-state index is 4.90. The lowest BCUT2D eigenvalue weighted by Crippen LogP contribution is -2.15. The summed E-state index contributed by atoms with van der Waals surface area (Å²) in [4.78, 5) is 4.90. The van der Waals surface area contributed by atoms with Crippen molar-refractivity contribution in [2.24, 2.45) is 0 Å². The molecule has 0 saturated carbocycles. The molecule has 0 atom stereocenters. The van der Waals surface area contributed by atoms with Crippen LogP contribution < -0.4 is 5.32 Å².